The van der Waals surface area contributed by atoms with Crippen LogP contribution in [0.5, 0.6) is 0 Å². The van der Waals surface area contributed by atoms with Gasteiger partial charge in [-0.1, -0.05) is 6.92 Å². The Morgan fingerprint density at radius 1 is 1.79 bits per heavy atom. The van der Waals surface area contributed by atoms with Crippen LogP contribution in [0, 0.1) is 11.8 Å². The number of amides is 1. The van der Waals surface area contributed by atoms with Gasteiger partial charge in [-0.3, -0.25) is 9.89 Å². The lowest BCUT2D eigenvalue weighted by Gasteiger charge is -2.15. The molecule has 1 heterocycles. The van der Waals surface area contributed by atoms with Crippen molar-refractivity contribution in [2.45, 2.75) is 13.3 Å². The number of rotatable bonds is 3. The molecule has 1 aliphatic carbocycles. The number of carbonyl (C=O) groups excluding carboxylic acids is 1. The summed E-state index contributed by atoms with van der Waals surface area (Å²) >= 11 is 0. The Kier molecular flexibility index (Phi) is 2.27. The van der Waals surface area contributed by atoms with Crippen molar-refractivity contribution in [3.8, 4) is 0 Å². The third kappa shape index (κ3) is 1.78. The lowest BCUT2D eigenvalue weighted by Crippen LogP contribution is -2.28. The summed E-state index contributed by atoms with van der Waals surface area (Å²) in [5.41, 5.74) is 0.640. The van der Waals surface area contributed by atoms with Crippen LogP contribution in [0.4, 0.5) is 0 Å². The largest absolute Gasteiger partial charge is 0.341 e. The molecule has 0 spiro atoms. The highest BCUT2D eigenvalue weighted by Crippen LogP contribution is 2.38. The number of H-pyrrole nitrogens is 1. The van der Waals surface area contributed by atoms with Crippen LogP contribution >= 0.6 is 0 Å². The van der Waals surface area contributed by atoms with Crippen molar-refractivity contribution in [1.82, 2.24) is 15.1 Å². The highest BCUT2D eigenvalue weighted by Gasteiger charge is 2.34. The zero-order valence-electron chi connectivity index (χ0n) is 8.53. The zero-order valence-corrected chi connectivity index (χ0v) is 8.53. The summed E-state index contributed by atoms with van der Waals surface area (Å²) in [5, 5.41) is 6.41. The summed E-state index contributed by atoms with van der Waals surface area (Å²) in [5.74, 6) is 1.54. The number of hydrogen-bond acceptors (Lipinski definition) is 2. The molecule has 0 aliphatic heterocycles. The van der Waals surface area contributed by atoms with E-state index in [4.69, 9.17) is 0 Å². The highest BCUT2D eigenvalue weighted by atomic mass is 16.2. The Balaban J connectivity index is 1.91. The van der Waals surface area contributed by atoms with Gasteiger partial charge in [-0.05, 0) is 18.3 Å². The first kappa shape index (κ1) is 9.24. The predicted molar refractivity (Wildman–Crippen MR) is 52.8 cm³/mol. The van der Waals surface area contributed by atoms with Gasteiger partial charge in [-0.2, -0.15) is 5.10 Å². The minimum Gasteiger partial charge on any atom is -0.341 e. The second-order valence-electron chi connectivity index (χ2n) is 4.15. The standard InChI is InChI=1S/C10H15N3O/c1-7-3-8(7)6-13(2)10(14)9-4-11-12-5-9/h4-5,7-8H,3,6H2,1-2H3,(H,11,12). The molecule has 76 valence electrons. The summed E-state index contributed by atoms with van der Waals surface area (Å²) in [6.07, 6.45) is 4.45. The van der Waals surface area contributed by atoms with Crippen LogP contribution < -0.4 is 0 Å². The van der Waals surface area contributed by atoms with Crippen LogP contribution in [0.2, 0.25) is 0 Å². The normalized spacial score (nSPS) is 24.7. The second-order valence-corrected chi connectivity index (χ2v) is 4.15. The molecule has 1 aliphatic rings. The maximum Gasteiger partial charge on any atom is 0.256 e. The maximum atomic E-state index is 11.7. The zero-order chi connectivity index (χ0) is 10.1. The number of aromatic nitrogens is 2. The fourth-order valence-corrected chi connectivity index (χ4v) is 1.68. The third-order valence-electron chi connectivity index (χ3n) is 2.88. The molecule has 4 heteroatoms. The highest BCUT2D eigenvalue weighted by molar-refractivity contribution is 5.93. The van der Waals surface area contributed by atoms with E-state index in [1.807, 2.05) is 7.05 Å². The first-order valence-corrected chi connectivity index (χ1v) is 4.92. The smallest absolute Gasteiger partial charge is 0.256 e. The molecule has 1 N–H and O–H groups in total. The molecule has 2 atom stereocenters. The molecule has 1 aromatic rings. The monoisotopic (exact) mass is 193 g/mol. The summed E-state index contributed by atoms with van der Waals surface area (Å²) in [6.45, 7) is 3.09. The number of nitrogens with one attached hydrogen (secondary N) is 1. The van der Waals surface area contributed by atoms with Crippen molar-refractivity contribution >= 4 is 5.91 Å². The topological polar surface area (TPSA) is 49.0 Å². The lowest BCUT2D eigenvalue weighted by atomic mass is 10.2. The number of nitrogens with zero attached hydrogens (tertiary/aromatic N) is 2. The molecule has 14 heavy (non-hydrogen) atoms. The SMILES string of the molecule is CC1CC1CN(C)C(=O)c1cn[nH]c1. The van der Waals surface area contributed by atoms with E-state index in [9.17, 15) is 4.79 Å². The van der Waals surface area contributed by atoms with Crippen molar-refractivity contribution in [3.05, 3.63) is 18.0 Å². The van der Waals surface area contributed by atoms with E-state index in [-0.39, 0.29) is 5.91 Å². The van der Waals surface area contributed by atoms with Gasteiger partial charge >= 0.3 is 0 Å². The van der Waals surface area contributed by atoms with Gasteiger partial charge in [-0.15, -0.1) is 0 Å². The molecule has 4 nitrogen and oxygen atoms in total. The van der Waals surface area contributed by atoms with Crippen molar-refractivity contribution < 1.29 is 4.79 Å². The average molecular weight is 193 g/mol. The molecule has 0 bridgehead atoms. The van der Waals surface area contributed by atoms with Gasteiger partial charge in [0.1, 0.15) is 0 Å². The van der Waals surface area contributed by atoms with Gasteiger partial charge in [0.15, 0.2) is 0 Å². The molecule has 0 radical (unpaired) electrons. The van der Waals surface area contributed by atoms with Crippen LogP contribution in [-0.4, -0.2) is 34.6 Å². The summed E-state index contributed by atoms with van der Waals surface area (Å²) in [4.78, 5) is 13.5. The van der Waals surface area contributed by atoms with E-state index in [0.717, 1.165) is 12.5 Å². The molecule has 2 rings (SSSR count). The van der Waals surface area contributed by atoms with Crippen LogP contribution in [0.1, 0.15) is 23.7 Å². The summed E-state index contributed by atoms with van der Waals surface area (Å²) in [7, 11) is 1.85. The fraction of sp³-hybridized carbons (Fsp3) is 0.600. The van der Waals surface area contributed by atoms with Crippen LogP contribution in [0.15, 0.2) is 12.4 Å². The molecule has 1 fully saturated rings. The van der Waals surface area contributed by atoms with Gasteiger partial charge in [0.2, 0.25) is 0 Å². The van der Waals surface area contributed by atoms with Crippen LogP contribution in [0.3, 0.4) is 0 Å². The predicted octanol–water partition coefficient (Wildman–Crippen LogP) is 1.14. The van der Waals surface area contributed by atoms with Crippen molar-refractivity contribution in [1.29, 1.82) is 0 Å². The first-order valence-electron chi connectivity index (χ1n) is 4.92. The van der Waals surface area contributed by atoms with E-state index in [0.29, 0.717) is 11.5 Å². The fourth-order valence-electron chi connectivity index (χ4n) is 1.68. The second kappa shape index (κ2) is 3.44. The minimum atomic E-state index is 0.0536. The Morgan fingerprint density at radius 2 is 2.50 bits per heavy atom. The van der Waals surface area contributed by atoms with Crippen LogP contribution in [-0.2, 0) is 0 Å². The van der Waals surface area contributed by atoms with E-state index in [1.165, 1.54) is 6.42 Å². The molecule has 2 unspecified atom stereocenters. The minimum absolute atomic E-state index is 0.0536. The number of aromatic amines is 1. The molecule has 0 aromatic carbocycles. The lowest BCUT2D eigenvalue weighted by molar-refractivity contribution is 0.0787. The van der Waals surface area contributed by atoms with Gasteiger partial charge in [-0.25, -0.2) is 0 Å². The van der Waals surface area contributed by atoms with Gasteiger partial charge in [0, 0.05) is 19.8 Å². The number of carbonyl (C=O) groups is 1. The molecule has 1 amide bonds. The summed E-state index contributed by atoms with van der Waals surface area (Å²) < 4.78 is 0. The third-order valence-corrected chi connectivity index (χ3v) is 2.88. The van der Waals surface area contributed by atoms with E-state index in [1.54, 1.807) is 17.3 Å². The molecular formula is C10H15N3O. The van der Waals surface area contributed by atoms with E-state index in [2.05, 4.69) is 17.1 Å². The quantitative estimate of drug-likeness (QED) is 0.782. The summed E-state index contributed by atoms with van der Waals surface area (Å²) in [6, 6.07) is 0. The van der Waals surface area contributed by atoms with Crippen molar-refractivity contribution in [2.75, 3.05) is 13.6 Å². The van der Waals surface area contributed by atoms with E-state index < -0.39 is 0 Å². The van der Waals surface area contributed by atoms with Crippen molar-refractivity contribution in [2.24, 2.45) is 11.8 Å². The Morgan fingerprint density at radius 3 is 3.00 bits per heavy atom. The molecule has 0 saturated heterocycles. The Labute approximate surface area is 83.3 Å². The Hall–Kier alpha value is -1.32. The molecular weight excluding hydrogens is 178 g/mol. The maximum absolute atomic E-state index is 11.7. The first-order chi connectivity index (χ1) is 6.68. The van der Waals surface area contributed by atoms with Crippen molar-refractivity contribution in [3.63, 3.8) is 0 Å². The van der Waals surface area contributed by atoms with Gasteiger partial charge in [0.05, 0.1) is 11.8 Å². The Bertz CT molecular complexity index is 320. The van der Waals surface area contributed by atoms with E-state index >= 15 is 0 Å². The van der Waals surface area contributed by atoms with Gasteiger partial charge < -0.3 is 4.90 Å². The molecule has 1 saturated carbocycles. The van der Waals surface area contributed by atoms with Gasteiger partial charge in [0.25, 0.3) is 5.91 Å². The number of hydrogen-bond donors (Lipinski definition) is 1. The molecule has 1 aromatic heterocycles. The average Bonchev–Trinajstić information content (AvgIpc) is 2.72. The van der Waals surface area contributed by atoms with Crippen LogP contribution in [0.25, 0.3) is 0 Å².